The van der Waals surface area contributed by atoms with Crippen molar-refractivity contribution >= 4 is 17.3 Å². The SMILES string of the molecule is CCc1cc(C)cc(CC)c1C1C(=O)[C@@H]2[C@@H]3O[C@@H](C[C@H]3c3cccc([N+](=O)[O-])c3)[C@@H]2C1=O. The van der Waals surface area contributed by atoms with Crippen molar-refractivity contribution in [1.29, 1.82) is 0 Å². The summed E-state index contributed by atoms with van der Waals surface area (Å²) in [6.45, 7) is 6.17. The number of ketones is 2. The Morgan fingerprint density at radius 3 is 2.31 bits per heavy atom. The molecule has 0 radical (unpaired) electrons. The van der Waals surface area contributed by atoms with Gasteiger partial charge in [0.2, 0.25) is 0 Å². The zero-order valence-electron chi connectivity index (χ0n) is 18.5. The number of hydrogen-bond acceptors (Lipinski definition) is 5. The number of benzene rings is 2. The molecule has 1 aliphatic carbocycles. The lowest BCUT2D eigenvalue weighted by Gasteiger charge is -2.26. The van der Waals surface area contributed by atoms with Crippen molar-refractivity contribution in [3.8, 4) is 0 Å². The molecular formula is C26H27NO5. The lowest BCUT2D eigenvalue weighted by atomic mass is 9.73. The van der Waals surface area contributed by atoms with E-state index in [0.717, 1.165) is 40.7 Å². The number of rotatable bonds is 5. The highest BCUT2D eigenvalue weighted by Gasteiger charge is 2.66. The molecule has 6 atom stereocenters. The number of carbonyl (C=O) groups is 2. The van der Waals surface area contributed by atoms with Gasteiger partial charge in [-0.2, -0.15) is 0 Å². The minimum atomic E-state index is -0.715. The van der Waals surface area contributed by atoms with Crippen molar-refractivity contribution in [2.45, 2.75) is 64.1 Å². The van der Waals surface area contributed by atoms with Crippen LogP contribution in [0.4, 0.5) is 5.69 Å². The van der Waals surface area contributed by atoms with Crippen LogP contribution in [0.5, 0.6) is 0 Å². The van der Waals surface area contributed by atoms with Gasteiger partial charge in [-0.3, -0.25) is 19.7 Å². The van der Waals surface area contributed by atoms with Crippen LogP contribution in [-0.2, 0) is 27.2 Å². The Labute approximate surface area is 187 Å². The van der Waals surface area contributed by atoms with E-state index >= 15 is 0 Å². The third-order valence-electron chi connectivity index (χ3n) is 7.64. The zero-order chi connectivity index (χ0) is 22.7. The third-order valence-corrected chi connectivity index (χ3v) is 7.64. The fourth-order valence-corrected chi connectivity index (χ4v) is 6.35. The molecule has 2 aromatic rings. The average molecular weight is 434 g/mol. The number of nitrogens with zero attached hydrogens (tertiary/aromatic N) is 1. The summed E-state index contributed by atoms with van der Waals surface area (Å²) in [6.07, 6.45) is 1.48. The summed E-state index contributed by atoms with van der Waals surface area (Å²) in [6, 6.07) is 10.8. The number of fused-ring (bicyclic) bond motifs is 5. The van der Waals surface area contributed by atoms with Gasteiger partial charge in [0.05, 0.1) is 29.0 Å². The van der Waals surface area contributed by atoms with Gasteiger partial charge < -0.3 is 4.74 Å². The predicted molar refractivity (Wildman–Crippen MR) is 119 cm³/mol. The van der Waals surface area contributed by atoms with Crippen LogP contribution in [0.25, 0.3) is 0 Å². The summed E-state index contributed by atoms with van der Waals surface area (Å²) in [5.74, 6) is -1.72. The molecule has 2 aromatic carbocycles. The molecule has 0 aromatic heterocycles. The lowest BCUT2D eigenvalue weighted by Crippen LogP contribution is -2.34. The molecule has 2 heterocycles. The molecule has 2 bridgehead atoms. The number of aryl methyl sites for hydroxylation is 3. The third kappa shape index (κ3) is 2.96. The minimum Gasteiger partial charge on any atom is -0.373 e. The van der Waals surface area contributed by atoms with E-state index < -0.39 is 28.8 Å². The Morgan fingerprint density at radius 2 is 1.69 bits per heavy atom. The molecule has 2 aliphatic heterocycles. The van der Waals surface area contributed by atoms with Crippen molar-refractivity contribution in [1.82, 2.24) is 0 Å². The van der Waals surface area contributed by atoms with Crippen LogP contribution >= 0.6 is 0 Å². The zero-order valence-corrected chi connectivity index (χ0v) is 18.5. The number of nitro groups is 1. The van der Waals surface area contributed by atoms with Crippen molar-refractivity contribution < 1.29 is 19.2 Å². The Hall–Kier alpha value is -2.86. The largest absolute Gasteiger partial charge is 0.373 e. The van der Waals surface area contributed by atoms with E-state index in [1.165, 1.54) is 6.07 Å². The molecule has 1 unspecified atom stereocenters. The van der Waals surface area contributed by atoms with E-state index in [-0.39, 0.29) is 29.3 Å². The maximum absolute atomic E-state index is 13.8. The van der Waals surface area contributed by atoms with E-state index in [0.29, 0.717) is 6.42 Å². The number of hydrogen-bond donors (Lipinski definition) is 0. The van der Waals surface area contributed by atoms with Crippen LogP contribution in [0.2, 0.25) is 0 Å². The maximum Gasteiger partial charge on any atom is 0.269 e. The first-order valence-electron chi connectivity index (χ1n) is 11.4. The first-order valence-corrected chi connectivity index (χ1v) is 11.4. The fraction of sp³-hybridized carbons (Fsp3) is 0.462. The number of nitro benzene ring substituents is 1. The second-order valence-electron chi connectivity index (χ2n) is 9.33. The molecule has 0 N–H and O–H groups in total. The summed E-state index contributed by atoms with van der Waals surface area (Å²) in [5.41, 5.74) is 5.07. The quantitative estimate of drug-likeness (QED) is 0.395. The van der Waals surface area contributed by atoms with Gasteiger partial charge in [-0.05, 0) is 48.4 Å². The molecule has 6 nitrogen and oxygen atoms in total. The number of carbonyl (C=O) groups excluding carboxylic acids is 2. The van der Waals surface area contributed by atoms with Gasteiger partial charge in [-0.1, -0.05) is 43.7 Å². The van der Waals surface area contributed by atoms with Crippen LogP contribution in [0.15, 0.2) is 36.4 Å². The van der Waals surface area contributed by atoms with Crippen LogP contribution in [-0.4, -0.2) is 28.7 Å². The molecule has 1 saturated carbocycles. The molecule has 2 saturated heterocycles. The normalized spacial score (nSPS) is 30.7. The summed E-state index contributed by atoms with van der Waals surface area (Å²) in [7, 11) is 0. The molecule has 3 fully saturated rings. The molecule has 166 valence electrons. The van der Waals surface area contributed by atoms with Crippen LogP contribution in [0.3, 0.4) is 0 Å². The van der Waals surface area contributed by atoms with Gasteiger partial charge in [-0.25, -0.2) is 0 Å². The number of non-ortho nitro benzene ring substituents is 1. The fourth-order valence-electron chi connectivity index (χ4n) is 6.35. The molecule has 5 rings (SSSR count). The summed E-state index contributed by atoms with van der Waals surface area (Å²) in [4.78, 5) is 38.2. The highest BCUT2D eigenvalue weighted by Crippen LogP contribution is 2.57. The number of ether oxygens (including phenoxy) is 1. The van der Waals surface area contributed by atoms with Gasteiger partial charge in [0.25, 0.3) is 5.69 Å². The van der Waals surface area contributed by atoms with Gasteiger partial charge in [-0.15, -0.1) is 0 Å². The highest BCUT2D eigenvalue weighted by atomic mass is 16.6. The minimum absolute atomic E-state index is 0.00162. The first kappa shape index (κ1) is 21.0. The van der Waals surface area contributed by atoms with Crippen molar-refractivity contribution in [3.63, 3.8) is 0 Å². The lowest BCUT2D eigenvalue weighted by molar-refractivity contribution is -0.384. The van der Waals surface area contributed by atoms with Crippen LogP contribution in [0.1, 0.15) is 59.9 Å². The molecule has 3 aliphatic rings. The van der Waals surface area contributed by atoms with Crippen LogP contribution < -0.4 is 0 Å². The smallest absolute Gasteiger partial charge is 0.269 e. The maximum atomic E-state index is 13.8. The summed E-state index contributed by atoms with van der Waals surface area (Å²) >= 11 is 0. The first-order chi connectivity index (χ1) is 15.3. The van der Waals surface area contributed by atoms with E-state index in [1.54, 1.807) is 12.1 Å². The van der Waals surface area contributed by atoms with E-state index in [2.05, 4.69) is 26.0 Å². The van der Waals surface area contributed by atoms with Crippen molar-refractivity contribution in [2.24, 2.45) is 11.8 Å². The van der Waals surface area contributed by atoms with Crippen molar-refractivity contribution in [3.05, 3.63) is 74.3 Å². The van der Waals surface area contributed by atoms with Crippen LogP contribution in [0, 0.1) is 28.9 Å². The Balaban J connectivity index is 1.52. The number of Topliss-reactive ketones (excluding diaryl/α,β-unsaturated/α-hetero) is 2. The molecule has 0 amide bonds. The monoisotopic (exact) mass is 433 g/mol. The average Bonchev–Trinajstić information content (AvgIpc) is 3.45. The van der Waals surface area contributed by atoms with Gasteiger partial charge in [0, 0.05) is 18.1 Å². The topological polar surface area (TPSA) is 86.5 Å². The van der Waals surface area contributed by atoms with Crippen molar-refractivity contribution in [2.75, 3.05) is 0 Å². The second kappa shape index (κ2) is 7.62. The van der Waals surface area contributed by atoms with E-state index in [9.17, 15) is 19.7 Å². The predicted octanol–water partition coefficient (Wildman–Crippen LogP) is 4.45. The van der Waals surface area contributed by atoms with Gasteiger partial charge in [0.15, 0.2) is 11.6 Å². The molecule has 0 spiro atoms. The Morgan fingerprint density at radius 1 is 1.03 bits per heavy atom. The molecule has 32 heavy (non-hydrogen) atoms. The second-order valence-corrected chi connectivity index (χ2v) is 9.33. The van der Waals surface area contributed by atoms with Gasteiger partial charge >= 0.3 is 0 Å². The van der Waals surface area contributed by atoms with E-state index in [1.807, 2.05) is 13.0 Å². The standard InChI is InChI=1S/C26H27NO5/c1-4-14-9-13(3)10-15(5-2)20(14)22-24(28)21-19-12-18(26(32-19)23(21)25(22)29)16-7-6-8-17(11-16)27(30)31/h6-11,18-19,21-23,26H,4-5,12H2,1-3H3/t18-,19-,21-,22?,23+,26+/m0/s1. The van der Waals surface area contributed by atoms with E-state index in [4.69, 9.17) is 4.74 Å². The Bertz CT molecular complexity index is 1110. The molecular weight excluding hydrogens is 406 g/mol. The summed E-state index contributed by atoms with van der Waals surface area (Å²) in [5, 5.41) is 11.2. The van der Waals surface area contributed by atoms with Gasteiger partial charge in [0.1, 0.15) is 5.92 Å². The molecule has 6 heteroatoms. The summed E-state index contributed by atoms with van der Waals surface area (Å²) < 4.78 is 6.15. The Kier molecular flexibility index (Phi) is 5.01. The highest BCUT2D eigenvalue weighted by molar-refractivity contribution is 6.17.